The molecular weight excluding hydrogens is 334 g/mol. The van der Waals surface area contributed by atoms with Crippen LogP contribution in [-0.4, -0.2) is 29.6 Å². The summed E-state index contributed by atoms with van der Waals surface area (Å²) in [6.07, 6.45) is 6.20. The van der Waals surface area contributed by atoms with Crippen molar-refractivity contribution in [1.82, 2.24) is 9.97 Å². The van der Waals surface area contributed by atoms with Crippen molar-refractivity contribution < 1.29 is 0 Å². The third-order valence-electron chi connectivity index (χ3n) is 5.21. The van der Waals surface area contributed by atoms with Crippen molar-refractivity contribution in [2.24, 2.45) is 5.92 Å². The lowest BCUT2D eigenvalue weighted by molar-refractivity contribution is 0.438. The quantitative estimate of drug-likeness (QED) is 0.615. The van der Waals surface area contributed by atoms with E-state index in [4.69, 9.17) is 0 Å². The van der Waals surface area contributed by atoms with E-state index in [2.05, 4.69) is 63.6 Å². The molecule has 0 amide bonds. The van der Waals surface area contributed by atoms with Crippen LogP contribution >= 0.6 is 0 Å². The lowest BCUT2D eigenvalue weighted by atomic mass is 9.99. The second-order valence-corrected chi connectivity index (χ2v) is 7.69. The fraction of sp³-hybridized carbons (Fsp3) is 0.545. The molecule has 5 heteroatoms. The van der Waals surface area contributed by atoms with Gasteiger partial charge in [-0.3, -0.25) is 0 Å². The van der Waals surface area contributed by atoms with E-state index in [1.165, 1.54) is 37.8 Å². The minimum atomic E-state index is 0.646. The van der Waals surface area contributed by atoms with Crippen LogP contribution < -0.4 is 15.5 Å². The van der Waals surface area contributed by atoms with Gasteiger partial charge in [-0.25, -0.2) is 4.98 Å². The molecule has 0 radical (unpaired) electrons. The first kappa shape index (κ1) is 19.5. The SMILES string of the molecule is CCCCCNc1cc(C)nc(Nc2ccc(N3CCC(C)CC3)cc2)n1. The number of anilines is 4. The zero-order chi connectivity index (χ0) is 19.1. The largest absolute Gasteiger partial charge is 0.372 e. The molecule has 0 aliphatic carbocycles. The van der Waals surface area contributed by atoms with Gasteiger partial charge in [0.1, 0.15) is 5.82 Å². The number of rotatable bonds is 8. The highest BCUT2D eigenvalue weighted by Gasteiger charge is 2.15. The van der Waals surface area contributed by atoms with E-state index >= 15 is 0 Å². The Labute approximate surface area is 163 Å². The molecule has 3 rings (SSSR count). The summed E-state index contributed by atoms with van der Waals surface area (Å²) in [6.45, 7) is 9.83. The molecule has 1 saturated heterocycles. The summed E-state index contributed by atoms with van der Waals surface area (Å²) in [5.74, 6) is 2.39. The molecule has 0 atom stereocenters. The van der Waals surface area contributed by atoms with Crippen molar-refractivity contribution in [3.05, 3.63) is 36.0 Å². The first-order valence-corrected chi connectivity index (χ1v) is 10.4. The fourth-order valence-electron chi connectivity index (χ4n) is 3.46. The summed E-state index contributed by atoms with van der Waals surface area (Å²) in [4.78, 5) is 11.6. The van der Waals surface area contributed by atoms with Gasteiger partial charge in [-0.1, -0.05) is 26.7 Å². The van der Waals surface area contributed by atoms with Crippen LogP contribution in [0.1, 0.15) is 51.6 Å². The Balaban J connectivity index is 1.60. The maximum Gasteiger partial charge on any atom is 0.229 e. The van der Waals surface area contributed by atoms with E-state index in [-0.39, 0.29) is 0 Å². The van der Waals surface area contributed by atoms with Crippen molar-refractivity contribution in [2.75, 3.05) is 35.2 Å². The molecule has 27 heavy (non-hydrogen) atoms. The molecule has 5 nitrogen and oxygen atoms in total. The van der Waals surface area contributed by atoms with Gasteiger partial charge in [0.2, 0.25) is 5.95 Å². The van der Waals surface area contributed by atoms with Crippen LogP contribution in [0.25, 0.3) is 0 Å². The smallest absolute Gasteiger partial charge is 0.229 e. The van der Waals surface area contributed by atoms with Crippen molar-refractivity contribution in [3.8, 4) is 0 Å². The third-order valence-corrected chi connectivity index (χ3v) is 5.21. The highest BCUT2D eigenvalue weighted by Crippen LogP contribution is 2.25. The Bertz CT molecular complexity index is 705. The molecule has 1 aliphatic heterocycles. The second-order valence-electron chi connectivity index (χ2n) is 7.69. The summed E-state index contributed by atoms with van der Waals surface area (Å²) in [5.41, 5.74) is 3.28. The molecular formula is C22H33N5. The van der Waals surface area contributed by atoms with Crippen LogP contribution in [0.15, 0.2) is 30.3 Å². The van der Waals surface area contributed by atoms with Crippen LogP contribution in [0.2, 0.25) is 0 Å². The molecule has 2 aromatic rings. The Morgan fingerprint density at radius 2 is 1.81 bits per heavy atom. The van der Waals surface area contributed by atoms with Gasteiger partial charge in [0.05, 0.1) is 0 Å². The first-order chi connectivity index (χ1) is 13.1. The number of unbranched alkanes of at least 4 members (excludes halogenated alkanes) is 2. The van der Waals surface area contributed by atoms with Crippen LogP contribution in [0, 0.1) is 12.8 Å². The van der Waals surface area contributed by atoms with E-state index in [1.807, 2.05) is 13.0 Å². The molecule has 0 spiro atoms. The number of aromatic nitrogens is 2. The van der Waals surface area contributed by atoms with Crippen molar-refractivity contribution in [2.45, 2.75) is 52.9 Å². The Morgan fingerprint density at radius 3 is 2.52 bits per heavy atom. The van der Waals surface area contributed by atoms with Crippen LogP contribution in [0.3, 0.4) is 0 Å². The van der Waals surface area contributed by atoms with Gasteiger partial charge in [0, 0.05) is 42.8 Å². The number of benzene rings is 1. The van der Waals surface area contributed by atoms with Crippen molar-refractivity contribution in [1.29, 1.82) is 0 Å². The summed E-state index contributed by atoms with van der Waals surface area (Å²) in [5, 5.41) is 6.75. The molecule has 1 fully saturated rings. The molecule has 146 valence electrons. The number of piperidine rings is 1. The average molecular weight is 368 g/mol. The third kappa shape index (κ3) is 5.84. The van der Waals surface area contributed by atoms with E-state index in [9.17, 15) is 0 Å². The molecule has 0 unspecified atom stereocenters. The summed E-state index contributed by atoms with van der Waals surface area (Å²) in [7, 11) is 0. The monoisotopic (exact) mass is 367 g/mol. The minimum Gasteiger partial charge on any atom is -0.372 e. The van der Waals surface area contributed by atoms with Gasteiger partial charge in [-0.05, 0) is 56.4 Å². The van der Waals surface area contributed by atoms with Gasteiger partial charge in [0.15, 0.2) is 0 Å². The van der Waals surface area contributed by atoms with Gasteiger partial charge < -0.3 is 15.5 Å². The van der Waals surface area contributed by atoms with E-state index in [0.29, 0.717) is 5.95 Å². The highest BCUT2D eigenvalue weighted by atomic mass is 15.1. The molecule has 1 aliphatic rings. The predicted octanol–water partition coefficient (Wildman–Crippen LogP) is 5.37. The van der Waals surface area contributed by atoms with Gasteiger partial charge in [0.25, 0.3) is 0 Å². The molecule has 2 heterocycles. The normalized spacial score (nSPS) is 15.0. The number of aryl methyl sites for hydroxylation is 1. The zero-order valence-corrected chi connectivity index (χ0v) is 17.0. The van der Waals surface area contributed by atoms with Crippen LogP contribution in [-0.2, 0) is 0 Å². The summed E-state index contributed by atoms with van der Waals surface area (Å²) < 4.78 is 0. The number of nitrogens with zero attached hydrogens (tertiary/aromatic N) is 3. The standard InChI is InChI=1S/C22H33N5/c1-4-5-6-13-23-21-16-18(3)24-22(26-21)25-19-7-9-20(10-8-19)27-14-11-17(2)12-15-27/h7-10,16-17H,4-6,11-15H2,1-3H3,(H2,23,24,25,26). The zero-order valence-electron chi connectivity index (χ0n) is 17.0. The molecule has 2 N–H and O–H groups in total. The number of hydrogen-bond donors (Lipinski definition) is 2. The maximum absolute atomic E-state index is 4.60. The van der Waals surface area contributed by atoms with E-state index in [1.54, 1.807) is 0 Å². The summed E-state index contributed by atoms with van der Waals surface area (Å²) in [6, 6.07) is 10.6. The Kier molecular flexibility index (Phi) is 6.91. The van der Waals surface area contributed by atoms with Gasteiger partial charge >= 0.3 is 0 Å². The highest BCUT2D eigenvalue weighted by molar-refractivity contribution is 5.60. The molecule has 1 aromatic carbocycles. The predicted molar refractivity (Wildman–Crippen MR) is 115 cm³/mol. The van der Waals surface area contributed by atoms with Gasteiger partial charge in [-0.2, -0.15) is 4.98 Å². The molecule has 1 aromatic heterocycles. The van der Waals surface area contributed by atoms with Crippen molar-refractivity contribution in [3.63, 3.8) is 0 Å². The van der Waals surface area contributed by atoms with Crippen LogP contribution in [0.4, 0.5) is 23.1 Å². The number of hydrogen-bond acceptors (Lipinski definition) is 5. The maximum atomic E-state index is 4.60. The van der Waals surface area contributed by atoms with Crippen LogP contribution in [0.5, 0.6) is 0 Å². The Morgan fingerprint density at radius 1 is 1.07 bits per heavy atom. The lowest BCUT2D eigenvalue weighted by Gasteiger charge is -2.32. The van der Waals surface area contributed by atoms with Gasteiger partial charge in [-0.15, -0.1) is 0 Å². The first-order valence-electron chi connectivity index (χ1n) is 10.4. The fourth-order valence-corrected chi connectivity index (χ4v) is 3.46. The number of nitrogens with one attached hydrogen (secondary N) is 2. The average Bonchev–Trinajstić information content (AvgIpc) is 2.66. The second kappa shape index (κ2) is 9.58. The minimum absolute atomic E-state index is 0.646. The lowest BCUT2D eigenvalue weighted by Crippen LogP contribution is -2.32. The van der Waals surface area contributed by atoms with E-state index < -0.39 is 0 Å². The Hall–Kier alpha value is -2.30. The molecule has 0 bridgehead atoms. The topological polar surface area (TPSA) is 53.1 Å². The summed E-state index contributed by atoms with van der Waals surface area (Å²) >= 11 is 0. The van der Waals surface area contributed by atoms with Crippen molar-refractivity contribution >= 4 is 23.1 Å². The van der Waals surface area contributed by atoms with E-state index in [0.717, 1.165) is 42.8 Å². The molecule has 0 saturated carbocycles.